The smallest absolute Gasteiger partial charge is 0.411 e. The predicted octanol–water partition coefficient (Wildman–Crippen LogP) is 6.20. The molecule has 2 aliphatic carbocycles. The van der Waals surface area contributed by atoms with E-state index in [4.69, 9.17) is 10.5 Å². The second-order valence-corrected chi connectivity index (χ2v) is 10.6. The lowest BCUT2D eigenvalue weighted by atomic mass is 9.92. The molecule has 1 aromatic heterocycles. The van der Waals surface area contributed by atoms with E-state index in [9.17, 15) is 9.59 Å². The molecule has 3 aliphatic rings. The first-order valence-electron chi connectivity index (χ1n) is 13.3. The lowest BCUT2D eigenvalue weighted by Crippen LogP contribution is -2.27. The fourth-order valence-corrected chi connectivity index (χ4v) is 5.58. The van der Waals surface area contributed by atoms with Crippen LogP contribution in [0.15, 0.2) is 42.5 Å². The Bertz CT molecular complexity index is 1300. The van der Waals surface area contributed by atoms with Crippen LogP contribution in [0.25, 0.3) is 22.2 Å². The Kier molecular flexibility index (Phi) is 5.86. The maximum absolute atomic E-state index is 13.1. The van der Waals surface area contributed by atoms with Gasteiger partial charge in [-0.1, -0.05) is 12.1 Å². The average molecular weight is 487 g/mol. The standard InChI is InChI=1S/C29H34N4O3/c1-18(19-7-8-19)36-29(35)31-22-12-9-20(10-13-22)27-26(30)24-14-11-21(28(34)32-15-2-3-16-32)17-25(24)33(27)23-5-4-6-23/h9-14,17-19,23H,2-8,15-16,30H2,1H3,(H,31,35)/t18-/m1/s1. The minimum absolute atomic E-state index is 0.0514. The molecule has 0 spiro atoms. The van der Waals surface area contributed by atoms with Crippen molar-refractivity contribution in [3.8, 4) is 11.3 Å². The molecule has 0 radical (unpaired) electrons. The van der Waals surface area contributed by atoms with Crippen molar-refractivity contribution in [2.45, 2.75) is 64.0 Å². The van der Waals surface area contributed by atoms with E-state index in [0.717, 1.165) is 85.0 Å². The van der Waals surface area contributed by atoms with Crippen LogP contribution in [0.5, 0.6) is 0 Å². The van der Waals surface area contributed by atoms with E-state index in [1.165, 1.54) is 6.42 Å². The number of hydrogen-bond acceptors (Lipinski definition) is 4. The maximum atomic E-state index is 13.1. The zero-order chi connectivity index (χ0) is 24.8. The van der Waals surface area contributed by atoms with Crippen molar-refractivity contribution in [3.05, 3.63) is 48.0 Å². The van der Waals surface area contributed by atoms with E-state index in [1.54, 1.807) is 0 Å². The number of ether oxygens (including phenoxy) is 1. The number of fused-ring (bicyclic) bond motifs is 1. The normalized spacial score (nSPS) is 18.8. The van der Waals surface area contributed by atoms with Crippen LogP contribution < -0.4 is 11.1 Å². The van der Waals surface area contributed by atoms with Gasteiger partial charge in [0, 0.05) is 41.3 Å². The molecular weight excluding hydrogens is 452 g/mol. The number of carbonyl (C=O) groups excluding carboxylic acids is 2. The first-order valence-corrected chi connectivity index (χ1v) is 13.3. The van der Waals surface area contributed by atoms with Gasteiger partial charge in [-0.3, -0.25) is 10.1 Å². The fraction of sp³-hybridized carbons (Fsp3) is 0.448. The molecule has 1 saturated heterocycles. The molecule has 6 rings (SSSR count). The Morgan fingerprint density at radius 1 is 1.00 bits per heavy atom. The van der Waals surface area contributed by atoms with E-state index >= 15 is 0 Å². The highest BCUT2D eigenvalue weighted by molar-refractivity contribution is 6.05. The molecule has 7 heteroatoms. The highest BCUT2D eigenvalue weighted by Crippen LogP contribution is 2.44. The molecule has 188 valence electrons. The largest absolute Gasteiger partial charge is 0.446 e. The van der Waals surface area contributed by atoms with Gasteiger partial charge in [0.05, 0.1) is 16.9 Å². The lowest BCUT2D eigenvalue weighted by Gasteiger charge is -2.30. The number of nitrogens with zero attached hydrogens (tertiary/aromatic N) is 2. The summed E-state index contributed by atoms with van der Waals surface area (Å²) in [7, 11) is 0. The van der Waals surface area contributed by atoms with Gasteiger partial charge in [0.15, 0.2) is 0 Å². The monoisotopic (exact) mass is 486 g/mol. The Balaban J connectivity index is 1.31. The van der Waals surface area contributed by atoms with Gasteiger partial charge < -0.3 is 19.9 Å². The van der Waals surface area contributed by atoms with Crippen molar-refractivity contribution in [2.24, 2.45) is 5.92 Å². The first-order chi connectivity index (χ1) is 17.5. The van der Waals surface area contributed by atoms with Gasteiger partial charge in [-0.05, 0) is 88.1 Å². The Hall–Kier alpha value is -3.48. The number of nitrogens with two attached hydrogens (primary N) is 1. The van der Waals surface area contributed by atoms with E-state index in [0.29, 0.717) is 17.6 Å². The van der Waals surface area contributed by atoms with Gasteiger partial charge in [0.2, 0.25) is 0 Å². The summed E-state index contributed by atoms with van der Waals surface area (Å²) in [5, 5.41) is 3.82. The fourth-order valence-electron chi connectivity index (χ4n) is 5.58. The SMILES string of the molecule is C[C@@H](OC(=O)Nc1ccc(-c2c(N)c3ccc(C(=O)N4CCCC4)cc3n2C2CCC2)cc1)C1CC1. The summed E-state index contributed by atoms with van der Waals surface area (Å²) < 4.78 is 7.82. The van der Waals surface area contributed by atoms with Crippen LogP contribution in [0.1, 0.15) is 68.3 Å². The molecule has 36 heavy (non-hydrogen) atoms. The summed E-state index contributed by atoms with van der Waals surface area (Å²) in [6.45, 7) is 3.62. The Labute approximate surface area is 211 Å². The highest BCUT2D eigenvalue weighted by atomic mass is 16.6. The average Bonchev–Trinajstić information content (AvgIpc) is 3.49. The number of nitrogens with one attached hydrogen (secondary N) is 1. The number of amides is 2. The van der Waals surface area contributed by atoms with E-state index in [1.807, 2.05) is 54.3 Å². The molecule has 3 N–H and O–H groups in total. The Morgan fingerprint density at radius 3 is 2.36 bits per heavy atom. The van der Waals surface area contributed by atoms with Crippen molar-refractivity contribution in [3.63, 3.8) is 0 Å². The highest BCUT2D eigenvalue weighted by Gasteiger charge is 2.31. The number of hydrogen-bond donors (Lipinski definition) is 2. The van der Waals surface area contributed by atoms with Crippen molar-refractivity contribution < 1.29 is 14.3 Å². The van der Waals surface area contributed by atoms with Gasteiger partial charge in [0.25, 0.3) is 5.91 Å². The molecule has 1 atom stereocenters. The topological polar surface area (TPSA) is 89.6 Å². The van der Waals surface area contributed by atoms with Gasteiger partial charge >= 0.3 is 6.09 Å². The number of aromatic nitrogens is 1. The van der Waals surface area contributed by atoms with E-state index in [-0.39, 0.29) is 12.0 Å². The molecule has 2 saturated carbocycles. The van der Waals surface area contributed by atoms with E-state index in [2.05, 4.69) is 9.88 Å². The zero-order valence-electron chi connectivity index (χ0n) is 20.8. The van der Waals surface area contributed by atoms with Crippen LogP contribution in [0, 0.1) is 5.92 Å². The minimum Gasteiger partial charge on any atom is -0.446 e. The third-order valence-corrected chi connectivity index (χ3v) is 8.11. The summed E-state index contributed by atoms with van der Waals surface area (Å²) in [5.41, 5.74) is 11.9. The first kappa shape index (κ1) is 23.0. The van der Waals surface area contributed by atoms with Crippen LogP contribution >= 0.6 is 0 Å². The summed E-state index contributed by atoms with van der Waals surface area (Å²) >= 11 is 0. The zero-order valence-corrected chi connectivity index (χ0v) is 20.8. The molecule has 0 bridgehead atoms. The van der Waals surface area contributed by atoms with Gasteiger partial charge in [-0.2, -0.15) is 0 Å². The Morgan fingerprint density at radius 2 is 1.72 bits per heavy atom. The number of likely N-dealkylation sites (tertiary alicyclic amines) is 1. The molecule has 3 aromatic rings. The van der Waals surface area contributed by atoms with Gasteiger partial charge in [-0.15, -0.1) is 0 Å². The van der Waals surface area contributed by atoms with Crippen LogP contribution in [0.4, 0.5) is 16.2 Å². The molecule has 7 nitrogen and oxygen atoms in total. The van der Waals surface area contributed by atoms with Crippen LogP contribution in [0.3, 0.4) is 0 Å². The van der Waals surface area contributed by atoms with Gasteiger partial charge in [-0.25, -0.2) is 4.79 Å². The molecule has 2 amide bonds. The molecule has 0 unspecified atom stereocenters. The van der Waals surface area contributed by atoms with Crippen molar-refractivity contribution in [1.29, 1.82) is 0 Å². The van der Waals surface area contributed by atoms with Crippen molar-refractivity contribution in [2.75, 3.05) is 24.1 Å². The minimum atomic E-state index is -0.416. The molecular formula is C29H34N4O3. The molecule has 2 heterocycles. The lowest BCUT2D eigenvalue weighted by molar-refractivity contribution is 0.0792. The van der Waals surface area contributed by atoms with Crippen LogP contribution in [-0.2, 0) is 4.74 Å². The van der Waals surface area contributed by atoms with Crippen molar-refractivity contribution in [1.82, 2.24) is 9.47 Å². The predicted molar refractivity (Wildman–Crippen MR) is 142 cm³/mol. The molecule has 1 aliphatic heterocycles. The molecule has 3 fully saturated rings. The van der Waals surface area contributed by atoms with Crippen LogP contribution in [0.2, 0.25) is 0 Å². The second-order valence-electron chi connectivity index (χ2n) is 10.6. The summed E-state index contributed by atoms with van der Waals surface area (Å²) in [4.78, 5) is 27.3. The third-order valence-electron chi connectivity index (χ3n) is 8.11. The van der Waals surface area contributed by atoms with E-state index < -0.39 is 6.09 Å². The number of carbonyl (C=O) groups is 2. The molecule has 2 aromatic carbocycles. The van der Waals surface area contributed by atoms with Gasteiger partial charge in [0.1, 0.15) is 6.10 Å². The number of nitrogen functional groups attached to an aromatic ring is 1. The second kappa shape index (κ2) is 9.19. The van der Waals surface area contributed by atoms with Crippen LogP contribution in [-0.4, -0.2) is 40.7 Å². The summed E-state index contributed by atoms with van der Waals surface area (Å²) in [5.74, 6) is 0.606. The number of rotatable bonds is 6. The quantitative estimate of drug-likeness (QED) is 0.434. The summed E-state index contributed by atoms with van der Waals surface area (Å²) in [6, 6.07) is 14.1. The van der Waals surface area contributed by atoms with Crippen molar-refractivity contribution >= 4 is 34.3 Å². The number of benzene rings is 2. The third kappa shape index (κ3) is 4.21. The summed E-state index contributed by atoms with van der Waals surface area (Å²) in [6.07, 6.45) is 7.35. The number of anilines is 2. The maximum Gasteiger partial charge on any atom is 0.411 e.